The van der Waals surface area contributed by atoms with Crippen LogP contribution < -0.4 is 16.0 Å². The van der Waals surface area contributed by atoms with Gasteiger partial charge in [0.2, 0.25) is 5.91 Å². The van der Waals surface area contributed by atoms with Crippen molar-refractivity contribution in [2.75, 3.05) is 18.5 Å². The zero-order valence-corrected chi connectivity index (χ0v) is 17.1. The predicted octanol–water partition coefficient (Wildman–Crippen LogP) is 2.00. The van der Waals surface area contributed by atoms with Gasteiger partial charge in [-0.1, -0.05) is 6.07 Å². The average Bonchev–Trinajstić information content (AvgIpc) is 2.75. The molecule has 1 aliphatic heterocycles. The number of ether oxygens (including phenoxy) is 1. The second-order valence-electron chi connectivity index (χ2n) is 7.44. The van der Waals surface area contributed by atoms with Crippen molar-refractivity contribution in [1.29, 1.82) is 0 Å². The number of aromatic nitrogens is 1. The van der Waals surface area contributed by atoms with Crippen LogP contribution in [-0.2, 0) is 16.0 Å². The molecule has 1 saturated heterocycles. The van der Waals surface area contributed by atoms with Gasteiger partial charge in [0, 0.05) is 24.6 Å². The highest BCUT2D eigenvalue weighted by molar-refractivity contribution is 5.89. The molecule has 0 aliphatic carbocycles. The van der Waals surface area contributed by atoms with Crippen LogP contribution in [0.3, 0.4) is 0 Å². The Morgan fingerprint density at radius 3 is 2.74 bits per heavy atom. The van der Waals surface area contributed by atoms with E-state index >= 15 is 0 Å². The molecule has 1 fully saturated rings. The first-order valence-corrected chi connectivity index (χ1v) is 10.3. The number of nitrogens with zero attached hydrogens (tertiary/aromatic N) is 1. The van der Waals surface area contributed by atoms with Crippen molar-refractivity contribution in [3.8, 4) is 0 Å². The Kier molecular flexibility index (Phi) is 8.31. The zero-order chi connectivity index (χ0) is 22.1. The minimum atomic E-state index is -0.551. The van der Waals surface area contributed by atoms with Crippen molar-refractivity contribution in [3.05, 3.63) is 60.2 Å². The molecule has 2 aromatic rings. The minimum absolute atomic E-state index is 0.0747. The van der Waals surface area contributed by atoms with E-state index in [4.69, 9.17) is 4.74 Å². The smallest absolute Gasteiger partial charge is 0.319 e. The largest absolute Gasteiger partial charge is 0.394 e. The number of pyridine rings is 1. The summed E-state index contributed by atoms with van der Waals surface area (Å²) in [6, 6.07) is 8.35. The molecule has 0 spiro atoms. The molecule has 3 rings (SSSR count). The van der Waals surface area contributed by atoms with Crippen molar-refractivity contribution < 1.29 is 23.8 Å². The SMILES string of the molecule is O=C(Cc1ccncc1)NCC[C@@H]1CC[C@@H](NC(=O)Nc2cccc(F)c2)[C@@H](CO)O1. The van der Waals surface area contributed by atoms with E-state index in [2.05, 4.69) is 20.9 Å². The Bertz CT molecular complexity index is 868. The van der Waals surface area contributed by atoms with E-state index in [0.29, 0.717) is 37.9 Å². The summed E-state index contributed by atoms with van der Waals surface area (Å²) in [5.41, 5.74) is 1.24. The first-order valence-electron chi connectivity index (χ1n) is 10.3. The van der Waals surface area contributed by atoms with Crippen molar-refractivity contribution in [2.45, 2.75) is 43.9 Å². The summed E-state index contributed by atoms with van der Waals surface area (Å²) >= 11 is 0. The Hall–Kier alpha value is -3.04. The molecule has 3 atom stereocenters. The second-order valence-corrected chi connectivity index (χ2v) is 7.44. The van der Waals surface area contributed by atoms with Gasteiger partial charge in [0.25, 0.3) is 0 Å². The number of aliphatic hydroxyl groups is 1. The molecular formula is C22H27FN4O4. The third-order valence-electron chi connectivity index (χ3n) is 5.10. The van der Waals surface area contributed by atoms with Gasteiger partial charge in [-0.3, -0.25) is 9.78 Å². The van der Waals surface area contributed by atoms with Crippen LogP contribution in [0.5, 0.6) is 0 Å². The fourth-order valence-corrected chi connectivity index (χ4v) is 3.53. The summed E-state index contributed by atoms with van der Waals surface area (Å²) in [6.07, 6.45) is 4.83. The van der Waals surface area contributed by atoms with Crippen LogP contribution in [0.1, 0.15) is 24.8 Å². The molecule has 31 heavy (non-hydrogen) atoms. The Morgan fingerprint density at radius 1 is 1.19 bits per heavy atom. The molecule has 0 unspecified atom stereocenters. The normalized spacial score (nSPS) is 20.6. The Labute approximate surface area is 180 Å². The highest BCUT2D eigenvalue weighted by atomic mass is 19.1. The maximum Gasteiger partial charge on any atom is 0.319 e. The van der Waals surface area contributed by atoms with Crippen LogP contribution in [0.15, 0.2) is 48.8 Å². The van der Waals surface area contributed by atoms with Gasteiger partial charge in [-0.05, 0) is 55.2 Å². The summed E-state index contributed by atoms with van der Waals surface area (Å²) in [7, 11) is 0. The van der Waals surface area contributed by atoms with Gasteiger partial charge in [0.1, 0.15) is 11.9 Å². The molecule has 9 heteroatoms. The number of benzene rings is 1. The minimum Gasteiger partial charge on any atom is -0.394 e. The molecule has 8 nitrogen and oxygen atoms in total. The Balaban J connectivity index is 1.39. The topological polar surface area (TPSA) is 113 Å². The molecule has 1 aromatic heterocycles. The van der Waals surface area contributed by atoms with Crippen LogP contribution in [0.2, 0.25) is 0 Å². The lowest BCUT2D eigenvalue weighted by Crippen LogP contribution is -2.52. The number of rotatable bonds is 8. The third kappa shape index (κ3) is 7.30. The van der Waals surface area contributed by atoms with Gasteiger partial charge in [-0.25, -0.2) is 9.18 Å². The van der Waals surface area contributed by atoms with E-state index in [0.717, 1.165) is 5.56 Å². The molecule has 2 heterocycles. The maximum atomic E-state index is 13.2. The molecule has 166 valence electrons. The summed E-state index contributed by atoms with van der Waals surface area (Å²) in [5, 5.41) is 17.9. The lowest BCUT2D eigenvalue weighted by atomic mass is 9.97. The fourth-order valence-electron chi connectivity index (χ4n) is 3.53. The predicted molar refractivity (Wildman–Crippen MR) is 113 cm³/mol. The molecule has 4 N–H and O–H groups in total. The summed E-state index contributed by atoms with van der Waals surface area (Å²) in [5.74, 6) is -0.517. The van der Waals surface area contributed by atoms with Crippen LogP contribution >= 0.6 is 0 Å². The first-order chi connectivity index (χ1) is 15.0. The molecule has 1 aliphatic rings. The van der Waals surface area contributed by atoms with Gasteiger partial charge in [0.15, 0.2) is 0 Å². The van der Waals surface area contributed by atoms with Crippen molar-refractivity contribution in [1.82, 2.24) is 15.6 Å². The second kappa shape index (κ2) is 11.4. The highest BCUT2D eigenvalue weighted by Gasteiger charge is 2.31. The van der Waals surface area contributed by atoms with Gasteiger partial charge in [0.05, 0.1) is 25.2 Å². The zero-order valence-electron chi connectivity index (χ0n) is 17.1. The number of amides is 3. The number of urea groups is 1. The van der Waals surface area contributed by atoms with E-state index in [1.807, 2.05) is 0 Å². The van der Waals surface area contributed by atoms with E-state index in [1.165, 1.54) is 18.2 Å². The van der Waals surface area contributed by atoms with E-state index in [1.54, 1.807) is 30.6 Å². The number of hydrogen-bond acceptors (Lipinski definition) is 5. The molecule has 0 radical (unpaired) electrons. The first kappa shape index (κ1) is 22.6. The average molecular weight is 430 g/mol. The number of anilines is 1. The molecule has 3 amide bonds. The number of hydrogen-bond donors (Lipinski definition) is 4. The number of carbonyl (C=O) groups excluding carboxylic acids is 2. The van der Waals surface area contributed by atoms with E-state index in [-0.39, 0.29) is 24.7 Å². The lowest BCUT2D eigenvalue weighted by molar-refractivity contribution is -0.121. The van der Waals surface area contributed by atoms with Crippen molar-refractivity contribution in [2.24, 2.45) is 0 Å². The standard InChI is InChI=1S/C22H27FN4O4/c23-16-2-1-3-17(13-16)26-22(30)27-19-5-4-18(31-20(19)14-28)8-11-25-21(29)12-15-6-9-24-10-7-15/h1-3,6-7,9-10,13,18-20,28H,4-5,8,11-12,14H2,(H,25,29)(H2,26,27,30)/t18-,19+,20+/m0/s1. The van der Waals surface area contributed by atoms with Gasteiger partial charge >= 0.3 is 6.03 Å². The monoisotopic (exact) mass is 430 g/mol. The van der Waals surface area contributed by atoms with Crippen molar-refractivity contribution in [3.63, 3.8) is 0 Å². The number of carbonyl (C=O) groups is 2. The van der Waals surface area contributed by atoms with Crippen LogP contribution in [0.4, 0.5) is 14.9 Å². The van der Waals surface area contributed by atoms with Crippen LogP contribution in [0, 0.1) is 5.82 Å². The summed E-state index contributed by atoms with van der Waals surface area (Å²) < 4.78 is 19.1. The van der Waals surface area contributed by atoms with E-state index in [9.17, 15) is 19.1 Å². The molecule has 0 bridgehead atoms. The molecule has 1 aromatic carbocycles. The van der Waals surface area contributed by atoms with Gasteiger partial charge < -0.3 is 25.8 Å². The highest BCUT2D eigenvalue weighted by Crippen LogP contribution is 2.22. The number of nitrogens with one attached hydrogen (secondary N) is 3. The summed E-state index contributed by atoms with van der Waals surface area (Å²) in [4.78, 5) is 28.2. The van der Waals surface area contributed by atoms with E-state index < -0.39 is 18.0 Å². The number of halogens is 1. The Morgan fingerprint density at radius 2 is 2.00 bits per heavy atom. The van der Waals surface area contributed by atoms with Crippen LogP contribution in [-0.4, -0.2) is 53.4 Å². The molecule has 0 saturated carbocycles. The van der Waals surface area contributed by atoms with Crippen LogP contribution in [0.25, 0.3) is 0 Å². The lowest BCUT2D eigenvalue weighted by Gasteiger charge is -2.36. The van der Waals surface area contributed by atoms with Gasteiger partial charge in [-0.15, -0.1) is 0 Å². The maximum absolute atomic E-state index is 13.2. The fraction of sp³-hybridized carbons (Fsp3) is 0.409. The summed E-state index contributed by atoms with van der Waals surface area (Å²) in [6.45, 7) is 0.223. The van der Waals surface area contributed by atoms with Gasteiger partial charge in [-0.2, -0.15) is 0 Å². The quantitative estimate of drug-likeness (QED) is 0.512. The third-order valence-corrected chi connectivity index (χ3v) is 5.10. The van der Waals surface area contributed by atoms with Crippen molar-refractivity contribution >= 4 is 17.6 Å². The number of aliphatic hydroxyl groups excluding tert-OH is 1. The molecular weight excluding hydrogens is 403 g/mol.